The van der Waals surface area contributed by atoms with Crippen LogP contribution in [0.4, 0.5) is 13.2 Å². The van der Waals surface area contributed by atoms with E-state index in [0.29, 0.717) is 5.56 Å². The summed E-state index contributed by atoms with van der Waals surface area (Å²) < 4.78 is 42.0. The number of halogens is 3. The van der Waals surface area contributed by atoms with Crippen LogP contribution in [0.15, 0.2) is 18.2 Å². The molecule has 4 amide bonds. The molecule has 1 aromatic rings. The van der Waals surface area contributed by atoms with Crippen molar-refractivity contribution in [3.63, 3.8) is 0 Å². The molecule has 178 valence electrons. The molecule has 0 aromatic heterocycles. The Labute approximate surface area is 187 Å². The fourth-order valence-corrected chi connectivity index (χ4v) is 4.90. The minimum Gasteiger partial charge on any atom is -0.393 e. The number of fused-ring (bicyclic) bond motifs is 1. The van der Waals surface area contributed by atoms with Crippen LogP contribution in [-0.2, 0) is 16.1 Å². The molecule has 1 saturated carbocycles. The van der Waals surface area contributed by atoms with Gasteiger partial charge in [0.2, 0.25) is 11.8 Å². The van der Waals surface area contributed by atoms with Gasteiger partial charge in [0, 0.05) is 24.1 Å². The van der Waals surface area contributed by atoms with Crippen LogP contribution in [0.1, 0.15) is 64.8 Å². The van der Waals surface area contributed by atoms with Crippen molar-refractivity contribution in [2.24, 2.45) is 5.92 Å². The van der Waals surface area contributed by atoms with Crippen LogP contribution in [0.5, 0.6) is 0 Å². The summed E-state index contributed by atoms with van der Waals surface area (Å²) in [4.78, 5) is 49.4. The number of nitrogens with one attached hydrogen (secondary N) is 2. The fraction of sp³-hybridized carbons (Fsp3) is 0.545. The summed E-state index contributed by atoms with van der Waals surface area (Å²) in [5, 5.41) is 14.3. The topological polar surface area (TPSA) is 116 Å². The van der Waals surface area contributed by atoms with Crippen LogP contribution in [0.2, 0.25) is 0 Å². The van der Waals surface area contributed by atoms with Gasteiger partial charge in [0.05, 0.1) is 6.10 Å². The van der Waals surface area contributed by atoms with Crippen molar-refractivity contribution in [3.05, 3.63) is 34.9 Å². The number of hydrogen-bond donors (Lipinski definition) is 3. The van der Waals surface area contributed by atoms with Crippen LogP contribution in [0.3, 0.4) is 0 Å². The number of hydrogen-bond acceptors (Lipinski definition) is 5. The van der Waals surface area contributed by atoms with Crippen molar-refractivity contribution in [2.45, 2.75) is 69.4 Å². The van der Waals surface area contributed by atoms with Crippen LogP contribution in [0.25, 0.3) is 0 Å². The molecule has 2 fully saturated rings. The third kappa shape index (κ3) is 4.73. The molecule has 4 rings (SSSR count). The molecule has 1 saturated heterocycles. The first-order valence-corrected chi connectivity index (χ1v) is 10.9. The summed E-state index contributed by atoms with van der Waals surface area (Å²) in [6.45, 7) is -0.281. The second-order valence-corrected chi connectivity index (χ2v) is 8.84. The number of imide groups is 1. The third-order valence-corrected chi connectivity index (χ3v) is 6.60. The van der Waals surface area contributed by atoms with Gasteiger partial charge in [0.15, 0.2) is 0 Å². The number of aliphatic hydroxyl groups excluding tert-OH is 1. The highest BCUT2D eigenvalue weighted by atomic mass is 19.4. The monoisotopic (exact) mass is 467 g/mol. The van der Waals surface area contributed by atoms with Crippen molar-refractivity contribution in [1.29, 1.82) is 0 Å². The molecule has 1 aliphatic carbocycles. The zero-order valence-electron chi connectivity index (χ0n) is 17.7. The van der Waals surface area contributed by atoms with Crippen LogP contribution >= 0.6 is 0 Å². The summed E-state index contributed by atoms with van der Waals surface area (Å²) in [5.74, 6) is -3.20. The summed E-state index contributed by atoms with van der Waals surface area (Å²) in [6, 6.07) is 1.17. The molecule has 0 radical (unpaired) electrons. The molecule has 33 heavy (non-hydrogen) atoms. The van der Waals surface area contributed by atoms with Gasteiger partial charge in [-0.05, 0) is 61.8 Å². The molecule has 8 nitrogen and oxygen atoms in total. The van der Waals surface area contributed by atoms with Gasteiger partial charge in [-0.25, -0.2) is 0 Å². The first kappa shape index (κ1) is 23.2. The Morgan fingerprint density at radius 1 is 1.12 bits per heavy atom. The quantitative estimate of drug-likeness (QED) is 0.583. The standard InChI is InChI=1S/C22H24F3N3O5/c23-22(24,25)18(11-1-4-14(29)5-2-11)28-10-13-9-12(3-6-15(13)21(28)33)19(31)26-16-7-8-17(30)27-20(16)32/h3,6,9,11,14,16,18,29H,1-2,4-5,7-8,10H2,(H,26,31)(H,27,30,32). The summed E-state index contributed by atoms with van der Waals surface area (Å²) >= 11 is 0. The molecule has 2 atom stereocenters. The molecule has 2 heterocycles. The van der Waals surface area contributed by atoms with E-state index in [1.807, 2.05) is 0 Å². The fourth-order valence-electron chi connectivity index (χ4n) is 4.90. The Morgan fingerprint density at radius 2 is 1.82 bits per heavy atom. The highest BCUT2D eigenvalue weighted by Crippen LogP contribution is 2.41. The number of piperidine rings is 1. The molecular weight excluding hydrogens is 443 g/mol. The van der Waals surface area contributed by atoms with Crippen LogP contribution in [-0.4, -0.2) is 58.0 Å². The Balaban J connectivity index is 1.51. The summed E-state index contributed by atoms with van der Waals surface area (Å²) in [6.07, 6.45) is -4.15. The number of rotatable bonds is 4. The smallest absolute Gasteiger partial charge is 0.393 e. The minimum absolute atomic E-state index is 0.0847. The van der Waals surface area contributed by atoms with Crippen molar-refractivity contribution in [1.82, 2.24) is 15.5 Å². The molecule has 2 aliphatic heterocycles. The maximum atomic E-state index is 14.0. The number of amides is 4. The Kier molecular flexibility index (Phi) is 6.17. The Bertz CT molecular complexity index is 988. The predicted octanol–water partition coefficient (Wildman–Crippen LogP) is 1.66. The second-order valence-electron chi connectivity index (χ2n) is 8.84. The molecular formula is C22H24F3N3O5. The highest BCUT2D eigenvalue weighted by Gasteiger charge is 2.52. The zero-order valence-corrected chi connectivity index (χ0v) is 17.7. The lowest BCUT2D eigenvalue weighted by Gasteiger charge is -2.38. The van der Waals surface area contributed by atoms with Gasteiger partial charge in [-0.1, -0.05) is 0 Å². The van der Waals surface area contributed by atoms with Crippen molar-refractivity contribution < 1.29 is 37.5 Å². The normalized spacial score (nSPS) is 26.6. The summed E-state index contributed by atoms with van der Waals surface area (Å²) in [7, 11) is 0. The molecule has 0 bridgehead atoms. The third-order valence-electron chi connectivity index (χ3n) is 6.60. The van der Waals surface area contributed by atoms with Gasteiger partial charge >= 0.3 is 6.18 Å². The average molecular weight is 467 g/mol. The highest BCUT2D eigenvalue weighted by molar-refractivity contribution is 6.05. The van der Waals surface area contributed by atoms with E-state index in [1.54, 1.807) is 0 Å². The van der Waals surface area contributed by atoms with Gasteiger partial charge < -0.3 is 15.3 Å². The molecule has 3 N–H and O–H groups in total. The SMILES string of the molecule is O=C1CCC(NC(=O)c2ccc3c(c2)CN(C(C2CCC(O)CC2)C(F)(F)F)C3=O)C(=O)N1. The van der Waals surface area contributed by atoms with E-state index in [9.17, 15) is 37.5 Å². The number of aliphatic hydroxyl groups is 1. The van der Waals surface area contributed by atoms with E-state index in [1.165, 1.54) is 18.2 Å². The van der Waals surface area contributed by atoms with Gasteiger partial charge in [0.25, 0.3) is 11.8 Å². The average Bonchev–Trinajstić information content (AvgIpc) is 3.06. The van der Waals surface area contributed by atoms with Gasteiger partial charge in [-0.2, -0.15) is 13.2 Å². The number of alkyl halides is 3. The van der Waals surface area contributed by atoms with E-state index in [4.69, 9.17) is 0 Å². The van der Waals surface area contributed by atoms with E-state index in [2.05, 4.69) is 10.6 Å². The molecule has 0 spiro atoms. The first-order chi connectivity index (χ1) is 15.5. The van der Waals surface area contributed by atoms with Crippen LogP contribution in [0, 0.1) is 5.92 Å². The lowest BCUT2D eigenvalue weighted by atomic mass is 9.81. The van der Waals surface area contributed by atoms with E-state index < -0.39 is 53.9 Å². The van der Waals surface area contributed by atoms with Crippen molar-refractivity contribution in [2.75, 3.05) is 0 Å². The lowest BCUT2D eigenvalue weighted by Crippen LogP contribution is -2.52. The van der Waals surface area contributed by atoms with E-state index >= 15 is 0 Å². The lowest BCUT2D eigenvalue weighted by molar-refractivity contribution is -0.195. The number of benzene rings is 1. The van der Waals surface area contributed by atoms with Gasteiger partial charge in [-0.3, -0.25) is 24.5 Å². The Hall–Kier alpha value is -2.95. The number of carbonyl (C=O) groups excluding carboxylic acids is 4. The minimum atomic E-state index is -4.63. The predicted molar refractivity (Wildman–Crippen MR) is 108 cm³/mol. The number of carbonyl (C=O) groups is 4. The maximum Gasteiger partial charge on any atom is 0.409 e. The van der Waals surface area contributed by atoms with E-state index in [0.717, 1.165) is 4.90 Å². The van der Waals surface area contributed by atoms with Gasteiger partial charge in [-0.15, -0.1) is 0 Å². The zero-order chi connectivity index (χ0) is 23.9. The van der Waals surface area contributed by atoms with E-state index in [-0.39, 0.29) is 56.2 Å². The first-order valence-electron chi connectivity index (χ1n) is 10.9. The summed E-state index contributed by atoms with van der Waals surface area (Å²) in [5.41, 5.74) is 0.524. The second kappa shape index (κ2) is 8.77. The van der Waals surface area contributed by atoms with Crippen molar-refractivity contribution >= 4 is 23.6 Å². The molecule has 3 aliphatic rings. The van der Waals surface area contributed by atoms with Gasteiger partial charge in [0.1, 0.15) is 12.1 Å². The number of nitrogens with zero attached hydrogens (tertiary/aromatic N) is 1. The molecule has 1 aromatic carbocycles. The van der Waals surface area contributed by atoms with Crippen LogP contribution < -0.4 is 10.6 Å². The molecule has 11 heteroatoms. The maximum absolute atomic E-state index is 14.0. The molecule has 2 unspecified atom stereocenters. The van der Waals surface area contributed by atoms with Crippen molar-refractivity contribution in [3.8, 4) is 0 Å². The Morgan fingerprint density at radius 3 is 2.45 bits per heavy atom. The largest absolute Gasteiger partial charge is 0.409 e.